The van der Waals surface area contributed by atoms with Crippen LogP contribution in [0.25, 0.3) is 20.8 Å². The second kappa shape index (κ2) is 9.44. The Balaban J connectivity index is 1.52. The van der Waals surface area contributed by atoms with E-state index >= 15 is 0 Å². The van der Waals surface area contributed by atoms with Crippen molar-refractivity contribution in [3.8, 4) is 16.3 Å². The van der Waals surface area contributed by atoms with E-state index in [1.807, 2.05) is 37.3 Å². The molecule has 0 aliphatic carbocycles. The minimum atomic E-state index is -4.37. The molecule has 1 N–H and O–H groups in total. The largest absolute Gasteiger partial charge is 0.482 e. The Morgan fingerprint density at radius 1 is 1.12 bits per heavy atom. The lowest BCUT2D eigenvalue weighted by Crippen LogP contribution is -2.09. The van der Waals surface area contributed by atoms with Gasteiger partial charge in [-0.25, -0.2) is 9.78 Å². The van der Waals surface area contributed by atoms with Crippen molar-refractivity contribution >= 4 is 39.3 Å². The highest BCUT2D eigenvalue weighted by molar-refractivity contribution is 7.98. The Labute approximate surface area is 196 Å². The molecule has 0 atom stereocenters. The van der Waals surface area contributed by atoms with Gasteiger partial charge in [0.05, 0.1) is 15.8 Å². The number of nitrogens with zero attached hydrogens (tertiary/aromatic N) is 1. The maximum absolute atomic E-state index is 12.8. The molecule has 0 spiro atoms. The summed E-state index contributed by atoms with van der Waals surface area (Å²) in [5.41, 5.74) is 2.70. The summed E-state index contributed by atoms with van der Waals surface area (Å²) in [6.45, 7) is 1.48. The molecule has 1 heterocycles. The first-order chi connectivity index (χ1) is 15.7. The Kier molecular flexibility index (Phi) is 6.62. The maximum Gasteiger partial charge on any atom is 0.416 e. The third kappa shape index (κ3) is 5.48. The number of aliphatic carboxylic acids is 1. The molecule has 170 valence electrons. The van der Waals surface area contributed by atoms with Gasteiger partial charge in [0.1, 0.15) is 10.8 Å². The van der Waals surface area contributed by atoms with Crippen molar-refractivity contribution in [2.24, 2.45) is 0 Å². The average molecular weight is 490 g/mol. The van der Waals surface area contributed by atoms with E-state index in [1.54, 1.807) is 17.8 Å². The van der Waals surface area contributed by atoms with Gasteiger partial charge in [-0.1, -0.05) is 24.3 Å². The van der Waals surface area contributed by atoms with E-state index in [1.165, 1.54) is 23.5 Å². The fourth-order valence-corrected chi connectivity index (χ4v) is 5.38. The van der Waals surface area contributed by atoms with Crippen molar-refractivity contribution in [3.63, 3.8) is 0 Å². The van der Waals surface area contributed by atoms with E-state index in [2.05, 4.69) is 4.98 Å². The molecular weight excluding hydrogens is 471 g/mol. The Hall–Kier alpha value is -3.04. The number of carboxylic acids is 1. The summed E-state index contributed by atoms with van der Waals surface area (Å²) in [7, 11) is 0. The zero-order valence-electron chi connectivity index (χ0n) is 17.3. The van der Waals surface area contributed by atoms with E-state index in [9.17, 15) is 18.0 Å². The molecular formula is C24H18F3NO3S2. The Bertz CT molecular complexity index is 1300. The van der Waals surface area contributed by atoms with E-state index in [0.717, 1.165) is 38.4 Å². The van der Waals surface area contributed by atoms with E-state index in [-0.39, 0.29) is 6.61 Å². The van der Waals surface area contributed by atoms with Crippen LogP contribution in [0.2, 0.25) is 0 Å². The number of aryl methyl sites for hydroxylation is 1. The van der Waals surface area contributed by atoms with Crippen LogP contribution in [-0.2, 0) is 16.7 Å². The quantitative estimate of drug-likeness (QED) is 0.282. The predicted molar refractivity (Wildman–Crippen MR) is 124 cm³/mol. The van der Waals surface area contributed by atoms with Gasteiger partial charge in [-0.3, -0.25) is 0 Å². The normalized spacial score (nSPS) is 11.6. The fourth-order valence-electron chi connectivity index (χ4n) is 3.22. The number of ether oxygens (including phenoxy) is 1. The van der Waals surface area contributed by atoms with Crippen molar-refractivity contribution in [1.29, 1.82) is 0 Å². The molecule has 1 aromatic heterocycles. The van der Waals surface area contributed by atoms with Crippen LogP contribution in [0.15, 0.2) is 65.6 Å². The van der Waals surface area contributed by atoms with Crippen LogP contribution >= 0.6 is 23.1 Å². The minimum Gasteiger partial charge on any atom is -0.482 e. The number of carboxylic acid groups (broad SMARTS) is 1. The van der Waals surface area contributed by atoms with Crippen molar-refractivity contribution < 1.29 is 27.8 Å². The molecule has 3 aromatic carbocycles. The van der Waals surface area contributed by atoms with Crippen LogP contribution in [0, 0.1) is 6.92 Å². The van der Waals surface area contributed by atoms with E-state index in [0.29, 0.717) is 22.1 Å². The number of aromatic nitrogens is 1. The molecule has 4 rings (SSSR count). The second-order valence-electron chi connectivity index (χ2n) is 7.26. The van der Waals surface area contributed by atoms with Gasteiger partial charge in [0.15, 0.2) is 6.61 Å². The molecule has 0 fully saturated rings. The van der Waals surface area contributed by atoms with Gasteiger partial charge in [0.2, 0.25) is 0 Å². The number of thiazole rings is 1. The van der Waals surface area contributed by atoms with E-state index < -0.39 is 17.7 Å². The maximum atomic E-state index is 12.8. The van der Waals surface area contributed by atoms with Gasteiger partial charge in [0.25, 0.3) is 0 Å². The summed E-state index contributed by atoms with van der Waals surface area (Å²) in [5, 5.41) is 9.43. The van der Waals surface area contributed by atoms with Gasteiger partial charge in [0, 0.05) is 16.2 Å². The van der Waals surface area contributed by atoms with Crippen LogP contribution in [0.5, 0.6) is 5.75 Å². The molecule has 4 nitrogen and oxygen atoms in total. The number of hydrogen-bond donors (Lipinski definition) is 1. The summed E-state index contributed by atoms with van der Waals surface area (Å²) in [5.74, 6) is 0.189. The van der Waals surface area contributed by atoms with Gasteiger partial charge in [-0.15, -0.1) is 23.1 Å². The Morgan fingerprint density at radius 3 is 2.55 bits per heavy atom. The average Bonchev–Trinajstić information content (AvgIpc) is 3.21. The van der Waals surface area contributed by atoms with E-state index in [4.69, 9.17) is 9.84 Å². The fraction of sp³-hybridized carbons (Fsp3) is 0.167. The topological polar surface area (TPSA) is 59.4 Å². The van der Waals surface area contributed by atoms with Gasteiger partial charge >= 0.3 is 12.1 Å². The molecule has 0 bridgehead atoms. The lowest BCUT2D eigenvalue weighted by Gasteiger charge is -2.09. The monoisotopic (exact) mass is 489 g/mol. The number of thioether (sulfide) groups is 1. The summed E-state index contributed by atoms with van der Waals surface area (Å²) in [6, 6.07) is 16.5. The number of benzene rings is 3. The van der Waals surface area contributed by atoms with Gasteiger partial charge in [-0.2, -0.15) is 13.2 Å². The number of halogens is 3. The number of rotatable bonds is 7. The first-order valence-corrected chi connectivity index (χ1v) is 11.6. The molecule has 4 aromatic rings. The second-order valence-corrected chi connectivity index (χ2v) is 9.31. The molecule has 0 saturated heterocycles. The number of carbonyl (C=O) groups is 1. The zero-order chi connectivity index (χ0) is 23.6. The van der Waals surface area contributed by atoms with Crippen LogP contribution < -0.4 is 4.74 Å². The van der Waals surface area contributed by atoms with Crippen LogP contribution in [-0.4, -0.2) is 22.7 Å². The highest BCUT2D eigenvalue weighted by Gasteiger charge is 2.30. The molecule has 0 aliphatic heterocycles. The SMILES string of the molecule is Cc1cc(SCc2cccc3nc(-c4ccc(C(F)(F)F)cc4)sc23)ccc1OCC(=O)O. The van der Waals surface area contributed by atoms with Crippen molar-refractivity contribution in [3.05, 3.63) is 77.4 Å². The first-order valence-electron chi connectivity index (χ1n) is 9.85. The third-order valence-corrected chi connectivity index (χ3v) is 7.09. The molecule has 0 amide bonds. The highest BCUT2D eigenvalue weighted by atomic mass is 32.2. The predicted octanol–water partition coefficient (Wildman–Crippen LogP) is 7.05. The van der Waals surface area contributed by atoms with Crippen LogP contribution in [0.3, 0.4) is 0 Å². The lowest BCUT2D eigenvalue weighted by atomic mass is 10.1. The summed E-state index contributed by atoms with van der Waals surface area (Å²) in [4.78, 5) is 16.3. The molecule has 0 radical (unpaired) electrons. The smallest absolute Gasteiger partial charge is 0.416 e. The minimum absolute atomic E-state index is 0.387. The van der Waals surface area contributed by atoms with Crippen molar-refractivity contribution in [2.75, 3.05) is 6.61 Å². The van der Waals surface area contributed by atoms with Gasteiger partial charge in [-0.05, 0) is 54.4 Å². The van der Waals surface area contributed by atoms with Crippen molar-refractivity contribution in [1.82, 2.24) is 4.98 Å². The molecule has 0 unspecified atom stereocenters. The summed E-state index contributed by atoms with van der Waals surface area (Å²) < 4.78 is 44.8. The first kappa shape index (κ1) is 23.1. The molecule has 0 saturated carbocycles. The zero-order valence-corrected chi connectivity index (χ0v) is 19.0. The van der Waals surface area contributed by atoms with Crippen molar-refractivity contribution in [2.45, 2.75) is 23.7 Å². The number of alkyl halides is 3. The van der Waals surface area contributed by atoms with Crippen LogP contribution in [0.1, 0.15) is 16.7 Å². The van der Waals surface area contributed by atoms with Crippen LogP contribution in [0.4, 0.5) is 13.2 Å². The molecule has 9 heteroatoms. The molecule has 33 heavy (non-hydrogen) atoms. The lowest BCUT2D eigenvalue weighted by molar-refractivity contribution is -0.139. The highest BCUT2D eigenvalue weighted by Crippen LogP contribution is 2.37. The molecule has 0 aliphatic rings. The van der Waals surface area contributed by atoms with Gasteiger partial charge < -0.3 is 9.84 Å². The standard InChI is InChI=1S/C24H18F3NO3S2/c1-14-11-18(9-10-20(14)31-12-21(29)30)32-13-16-3-2-4-19-22(16)33-23(28-19)15-5-7-17(8-6-15)24(25,26)27/h2-11H,12-13H2,1H3,(H,29,30). The number of hydrogen-bond acceptors (Lipinski definition) is 5. The summed E-state index contributed by atoms with van der Waals surface area (Å²) in [6.07, 6.45) is -4.37. The Morgan fingerprint density at radius 2 is 1.88 bits per heavy atom. The third-order valence-electron chi connectivity index (χ3n) is 4.85. The number of fused-ring (bicyclic) bond motifs is 1. The summed E-state index contributed by atoms with van der Waals surface area (Å²) >= 11 is 3.09.